The number of methoxy groups -OCH3 is 1. The number of hydrogen-bond acceptors (Lipinski definition) is 5. The molecule has 0 spiro atoms. The van der Waals surface area contributed by atoms with Crippen molar-refractivity contribution in [2.45, 2.75) is 25.9 Å². The predicted molar refractivity (Wildman–Crippen MR) is 130 cm³/mol. The second-order valence-electron chi connectivity index (χ2n) is 7.81. The second kappa shape index (κ2) is 12.4. The molecule has 1 amide bonds. The number of ether oxygens (including phenoxy) is 3. The third-order valence-corrected chi connectivity index (χ3v) is 5.12. The van der Waals surface area contributed by atoms with Crippen molar-refractivity contribution in [3.05, 3.63) is 89.5 Å². The van der Waals surface area contributed by atoms with E-state index in [0.29, 0.717) is 48.8 Å². The fourth-order valence-corrected chi connectivity index (χ4v) is 3.27. The molecular formula is C27H29NO6. The molecule has 0 unspecified atom stereocenters. The molecule has 0 saturated heterocycles. The standard InChI is InChI=1S/C27H29NO6/c1-19-5-3-6-21(17-19)26(29)28-22-9-13-24(14-10-22)34-16-4-15-33-23-11-7-20(8-12-23)18-25(32-2)27(30)31/h3,5-14,17,25H,4,15-16,18H2,1-2H3,(H,28,29)(H,30,31)/t25-/m0/s1. The van der Waals surface area contributed by atoms with Crippen LogP contribution in [0.25, 0.3) is 0 Å². The van der Waals surface area contributed by atoms with Crippen molar-refractivity contribution in [3.8, 4) is 11.5 Å². The summed E-state index contributed by atoms with van der Waals surface area (Å²) in [5.41, 5.74) is 3.22. The third-order valence-electron chi connectivity index (χ3n) is 5.12. The Hall–Kier alpha value is -3.84. The number of carbonyl (C=O) groups excluding carboxylic acids is 1. The minimum Gasteiger partial charge on any atom is -0.493 e. The van der Waals surface area contributed by atoms with Gasteiger partial charge in [-0.05, 0) is 61.0 Å². The zero-order valence-corrected chi connectivity index (χ0v) is 19.3. The van der Waals surface area contributed by atoms with Crippen LogP contribution in [0.5, 0.6) is 11.5 Å². The number of aryl methyl sites for hydroxylation is 1. The van der Waals surface area contributed by atoms with E-state index in [9.17, 15) is 9.59 Å². The topological polar surface area (TPSA) is 94.1 Å². The van der Waals surface area contributed by atoms with Crippen LogP contribution in [-0.4, -0.2) is 43.4 Å². The Balaban J connectivity index is 1.36. The Morgan fingerprint density at radius 3 is 2.09 bits per heavy atom. The van der Waals surface area contributed by atoms with E-state index in [0.717, 1.165) is 11.1 Å². The highest BCUT2D eigenvalue weighted by molar-refractivity contribution is 6.04. The van der Waals surface area contributed by atoms with Crippen LogP contribution in [0.3, 0.4) is 0 Å². The Morgan fingerprint density at radius 2 is 1.53 bits per heavy atom. The van der Waals surface area contributed by atoms with Crippen LogP contribution < -0.4 is 14.8 Å². The van der Waals surface area contributed by atoms with Crippen molar-refractivity contribution < 1.29 is 28.9 Å². The Kier molecular flexibility index (Phi) is 9.05. The molecule has 0 aliphatic heterocycles. The van der Waals surface area contributed by atoms with E-state index < -0.39 is 12.1 Å². The SMILES string of the molecule is CO[C@@H](Cc1ccc(OCCCOc2ccc(NC(=O)c3cccc(C)c3)cc2)cc1)C(=O)O. The summed E-state index contributed by atoms with van der Waals surface area (Å²) in [7, 11) is 1.39. The van der Waals surface area contributed by atoms with Crippen LogP contribution in [0.4, 0.5) is 5.69 Å². The molecule has 0 radical (unpaired) electrons. The van der Waals surface area contributed by atoms with Crippen LogP contribution in [0.15, 0.2) is 72.8 Å². The van der Waals surface area contributed by atoms with Gasteiger partial charge in [-0.25, -0.2) is 4.79 Å². The number of rotatable bonds is 12. The highest BCUT2D eigenvalue weighted by atomic mass is 16.5. The summed E-state index contributed by atoms with van der Waals surface area (Å²) in [6.45, 7) is 2.92. The first-order valence-electron chi connectivity index (χ1n) is 11.0. The van der Waals surface area contributed by atoms with Gasteiger partial charge in [0.05, 0.1) is 13.2 Å². The van der Waals surface area contributed by atoms with E-state index in [1.165, 1.54) is 7.11 Å². The number of benzene rings is 3. The number of aliphatic carboxylic acids is 1. The largest absolute Gasteiger partial charge is 0.493 e. The molecule has 34 heavy (non-hydrogen) atoms. The zero-order chi connectivity index (χ0) is 24.3. The minimum absolute atomic E-state index is 0.150. The predicted octanol–water partition coefficient (Wildman–Crippen LogP) is 4.74. The highest BCUT2D eigenvalue weighted by Crippen LogP contribution is 2.18. The van der Waals surface area contributed by atoms with Gasteiger partial charge in [-0.15, -0.1) is 0 Å². The lowest BCUT2D eigenvalue weighted by molar-refractivity contribution is -0.148. The average Bonchev–Trinajstić information content (AvgIpc) is 2.84. The number of hydrogen-bond donors (Lipinski definition) is 2. The van der Waals surface area contributed by atoms with E-state index in [4.69, 9.17) is 19.3 Å². The Labute approximate surface area is 199 Å². The third kappa shape index (κ3) is 7.64. The van der Waals surface area contributed by atoms with Crippen LogP contribution in [0.2, 0.25) is 0 Å². The first kappa shape index (κ1) is 24.8. The van der Waals surface area contributed by atoms with Gasteiger partial charge in [-0.3, -0.25) is 4.79 Å². The number of carboxylic acids is 1. The van der Waals surface area contributed by atoms with E-state index in [1.807, 2.05) is 61.5 Å². The fraction of sp³-hybridized carbons (Fsp3) is 0.259. The summed E-state index contributed by atoms with van der Waals surface area (Å²) in [4.78, 5) is 23.4. The number of amides is 1. The molecule has 178 valence electrons. The maximum atomic E-state index is 12.3. The van der Waals surface area contributed by atoms with Crippen molar-refractivity contribution in [2.24, 2.45) is 0 Å². The lowest BCUT2D eigenvalue weighted by Crippen LogP contribution is -2.24. The van der Waals surface area contributed by atoms with Crippen LogP contribution in [0, 0.1) is 6.92 Å². The van der Waals surface area contributed by atoms with Crippen molar-refractivity contribution in [2.75, 3.05) is 25.6 Å². The number of carboxylic acid groups (broad SMARTS) is 1. The van der Waals surface area contributed by atoms with E-state index in [2.05, 4.69) is 5.32 Å². The molecule has 0 saturated carbocycles. The molecule has 0 aliphatic rings. The lowest BCUT2D eigenvalue weighted by atomic mass is 10.1. The molecule has 7 nitrogen and oxygen atoms in total. The number of anilines is 1. The molecule has 3 aromatic carbocycles. The van der Waals surface area contributed by atoms with E-state index in [-0.39, 0.29) is 5.91 Å². The van der Waals surface area contributed by atoms with Gasteiger partial charge in [0.1, 0.15) is 11.5 Å². The van der Waals surface area contributed by atoms with E-state index >= 15 is 0 Å². The van der Waals surface area contributed by atoms with E-state index in [1.54, 1.807) is 18.2 Å². The van der Waals surface area contributed by atoms with Gasteiger partial charge in [-0.1, -0.05) is 29.8 Å². The highest BCUT2D eigenvalue weighted by Gasteiger charge is 2.16. The van der Waals surface area contributed by atoms with Gasteiger partial charge >= 0.3 is 5.97 Å². The quantitative estimate of drug-likeness (QED) is 0.377. The zero-order valence-electron chi connectivity index (χ0n) is 19.3. The minimum atomic E-state index is -0.982. The van der Waals surface area contributed by atoms with Gasteiger partial charge in [0.2, 0.25) is 0 Å². The fourth-order valence-electron chi connectivity index (χ4n) is 3.27. The Morgan fingerprint density at radius 1 is 0.912 bits per heavy atom. The number of nitrogens with one attached hydrogen (secondary N) is 1. The first-order chi connectivity index (χ1) is 16.4. The molecule has 1 atom stereocenters. The molecule has 0 aliphatic carbocycles. The molecule has 3 rings (SSSR count). The molecule has 0 bridgehead atoms. The molecule has 0 heterocycles. The van der Waals surface area contributed by atoms with Crippen LogP contribution in [-0.2, 0) is 16.0 Å². The summed E-state index contributed by atoms with van der Waals surface area (Å²) < 4.78 is 16.4. The maximum absolute atomic E-state index is 12.3. The van der Waals surface area contributed by atoms with Gasteiger partial charge in [-0.2, -0.15) is 0 Å². The van der Waals surface area contributed by atoms with Gasteiger partial charge in [0.25, 0.3) is 5.91 Å². The second-order valence-corrected chi connectivity index (χ2v) is 7.81. The summed E-state index contributed by atoms with van der Waals surface area (Å²) in [5, 5.41) is 11.9. The summed E-state index contributed by atoms with van der Waals surface area (Å²) in [6.07, 6.45) is 0.134. The first-order valence-corrected chi connectivity index (χ1v) is 11.0. The van der Waals surface area contributed by atoms with Crippen molar-refractivity contribution in [1.29, 1.82) is 0 Å². The molecule has 3 aromatic rings. The summed E-state index contributed by atoms with van der Waals surface area (Å²) in [6, 6.07) is 22.0. The van der Waals surface area contributed by atoms with Gasteiger partial charge in [0.15, 0.2) is 6.10 Å². The van der Waals surface area contributed by atoms with Crippen LogP contribution in [0.1, 0.15) is 27.9 Å². The van der Waals surface area contributed by atoms with Crippen molar-refractivity contribution in [3.63, 3.8) is 0 Å². The van der Waals surface area contributed by atoms with Crippen molar-refractivity contribution >= 4 is 17.6 Å². The summed E-state index contributed by atoms with van der Waals surface area (Å²) >= 11 is 0. The summed E-state index contributed by atoms with van der Waals surface area (Å²) in [5.74, 6) is 0.290. The molecule has 0 fully saturated rings. The Bertz CT molecular complexity index is 1080. The molecule has 7 heteroatoms. The van der Waals surface area contributed by atoms with Crippen LogP contribution >= 0.6 is 0 Å². The molecule has 2 N–H and O–H groups in total. The maximum Gasteiger partial charge on any atom is 0.333 e. The average molecular weight is 464 g/mol. The smallest absolute Gasteiger partial charge is 0.333 e. The normalized spacial score (nSPS) is 11.5. The number of carbonyl (C=O) groups is 2. The lowest BCUT2D eigenvalue weighted by Gasteiger charge is -2.11. The molecular weight excluding hydrogens is 434 g/mol. The van der Waals surface area contributed by atoms with Gasteiger partial charge in [0, 0.05) is 31.2 Å². The van der Waals surface area contributed by atoms with Gasteiger partial charge < -0.3 is 24.6 Å². The van der Waals surface area contributed by atoms with Crippen molar-refractivity contribution in [1.82, 2.24) is 0 Å². The molecule has 0 aromatic heterocycles. The monoisotopic (exact) mass is 463 g/mol.